The van der Waals surface area contributed by atoms with E-state index >= 15 is 0 Å². The lowest BCUT2D eigenvalue weighted by Gasteiger charge is -2.31. The summed E-state index contributed by atoms with van der Waals surface area (Å²) in [6.07, 6.45) is 0.790. The van der Waals surface area contributed by atoms with Crippen LogP contribution in [0.5, 0.6) is 0 Å². The molecule has 0 radical (unpaired) electrons. The molecule has 0 saturated carbocycles. The molecule has 0 aliphatic carbocycles. The molecule has 9 heteroatoms. The van der Waals surface area contributed by atoms with Gasteiger partial charge >= 0.3 is 6.03 Å². The highest BCUT2D eigenvalue weighted by Gasteiger charge is 2.28. The smallest absolute Gasteiger partial charge is 0.320 e. The first-order valence-electron chi connectivity index (χ1n) is 7.26. The van der Waals surface area contributed by atoms with Gasteiger partial charge < -0.3 is 10.6 Å². The predicted molar refractivity (Wildman–Crippen MR) is 83.7 cm³/mol. The van der Waals surface area contributed by atoms with Crippen LogP contribution in [0.4, 0.5) is 10.6 Å². The third-order valence-corrected chi connectivity index (χ3v) is 3.53. The maximum absolute atomic E-state index is 11.8. The van der Waals surface area contributed by atoms with Gasteiger partial charge in [0.05, 0.1) is 5.69 Å². The second-order valence-electron chi connectivity index (χ2n) is 5.13. The number of carbonyl (C=O) groups excluding carboxylic acids is 2. The molecule has 3 amide bonds. The third-order valence-electron chi connectivity index (χ3n) is 3.34. The van der Waals surface area contributed by atoms with Crippen molar-refractivity contribution < 1.29 is 9.59 Å². The van der Waals surface area contributed by atoms with Gasteiger partial charge in [-0.1, -0.05) is 6.92 Å². The Hall–Kier alpha value is -1.80. The molecule has 0 bridgehead atoms. The van der Waals surface area contributed by atoms with Gasteiger partial charge in [-0.15, -0.1) is 11.6 Å². The second-order valence-corrected chi connectivity index (χ2v) is 5.51. The maximum atomic E-state index is 11.8. The highest BCUT2D eigenvalue weighted by Crippen LogP contribution is 2.17. The van der Waals surface area contributed by atoms with E-state index in [4.69, 9.17) is 11.6 Å². The van der Waals surface area contributed by atoms with Gasteiger partial charge in [0.1, 0.15) is 5.82 Å². The number of halogens is 1. The van der Waals surface area contributed by atoms with E-state index in [-0.39, 0.29) is 18.0 Å². The summed E-state index contributed by atoms with van der Waals surface area (Å²) in [7, 11) is 0. The van der Waals surface area contributed by atoms with Crippen molar-refractivity contribution in [1.82, 2.24) is 25.7 Å². The Labute approximate surface area is 134 Å². The summed E-state index contributed by atoms with van der Waals surface area (Å²) in [6.45, 7) is 4.21. The first-order chi connectivity index (χ1) is 10.5. The molecule has 2 heterocycles. The fraction of sp³-hybridized carbons (Fsp3) is 0.615. The average Bonchev–Trinajstić information content (AvgIpc) is 2.85. The molecule has 0 spiro atoms. The first-order valence-corrected chi connectivity index (χ1v) is 7.79. The van der Waals surface area contributed by atoms with Crippen LogP contribution < -0.4 is 21.3 Å². The van der Waals surface area contributed by atoms with Gasteiger partial charge in [-0.2, -0.15) is 5.10 Å². The minimum absolute atomic E-state index is 0.0405. The first kappa shape index (κ1) is 16.6. The molecule has 2 atom stereocenters. The van der Waals surface area contributed by atoms with E-state index in [0.29, 0.717) is 24.7 Å². The molecule has 4 N–H and O–H groups in total. The molecule has 1 aromatic heterocycles. The number of alkyl halides is 1. The lowest BCUT2D eigenvalue weighted by molar-refractivity contribution is -0.125. The molecule has 1 saturated heterocycles. The van der Waals surface area contributed by atoms with Crippen LogP contribution in [-0.2, 0) is 4.79 Å². The number of aromatic nitrogens is 2. The van der Waals surface area contributed by atoms with Crippen molar-refractivity contribution in [3.8, 4) is 0 Å². The molecular weight excluding hydrogens is 308 g/mol. The molecule has 1 fully saturated rings. The van der Waals surface area contributed by atoms with Gasteiger partial charge in [0.15, 0.2) is 6.29 Å². The van der Waals surface area contributed by atoms with Crippen molar-refractivity contribution in [3.63, 3.8) is 0 Å². The molecule has 1 aliphatic rings. The number of nitrogens with one attached hydrogen (secondary N) is 4. The van der Waals surface area contributed by atoms with Gasteiger partial charge in [-0.25, -0.2) is 9.48 Å². The number of nitrogens with zero attached hydrogens (tertiary/aromatic N) is 2. The van der Waals surface area contributed by atoms with Crippen LogP contribution in [0.15, 0.2) is 6.07 Å². The lowest BCUT2D eigenvalue weighted by Crippen LogP contribution is -2.53. The molecule has 1 aromatic rings. The normalized spacial score (nSPS) is 21.3. The van der Waals surface area contributed by atoms with Gasteiger partial charge in [-0.05, 0) is 13.3 Å². The van der Waals surface area contributed by atoms with Crippen molar-refractivity contribution in [2.75, 3.05) is 17.7 Å². The Bertz CT molecular complexity index is 547. The van der Waals surface area contributed by atoms with E-state index in [1.165, 1.54) is 0 Å². The summed E-state index contributed by atoms with van der Waals surface area (Å²) in [6, 6.07) is 1.46. The zero-order chi connectivity index (χ0) is 16.1. The Morgan fingerprint density at radius 3 is 3.05 bits per heavy atom. The summed E-state index contributed by atoms with van der Waals surface area (Å²) < 4.78 is 1.56. The number of aryl methyl sites for hydroxylation is 1. The number of anilines is 1. The van der Waals surface area contributed by atoms with Crippen LogP contribution in [0.2, 0.25) is 0 Å². The number of urea groups is 1. The summed E-state index contributed by atoms with van der Waals surface area (Å²) >= 11 is 5.54. The van der Waals surface area contributed by atoms with Gasteiger partial charge in [0, 0.05) is 31.0 Å². The van der Waals surface area contributed by atoms with Crippen LogP contribution >= 0.6 is 11.6 Å². The van der Waals surface area contributed by atoms with Crippen LogP contribution in [0.1, 0.15) is 31.7 Å². The Morgan fingerprint density at radius 2 is 2.36 bits per heavy atom. The Morgan fingerprint density at radius 1 is 1.59 bits per heavy atom. The number of hydrogen-bond donors (Lipinski definition) is 4. The fourth-order valence-corrected chi connectivity index (χ4v) is 2.38. The summed E-state index contributed by atoms with van der Waals surface area (Å²) in [4.78, 5) is 23.6. The Kier molecular flexibility index (Phi) is 5.62. The van der Waals surface area contributed by atoms with E-state index < -0.39 is 6.29 Å². The predicted octanol–water partition coefficient (Wildman–Crippen LogP) is 0.896. The SMILES string of the molecule is CCC1CC(=O)NC(n2nc(C)cc2NC(=O)NCCCl)N1. The minimum atomic E-state index is -0.483. The number of amides is 3. The monoisotopic (exact) mass is 328 g/mol. The molecule has 8 nitrogen and oxygen atoms in total. The van der Waals surface area contributed by atoms with Crippen molar-refractivity contribution in [2.45, 2.75) is 39.0 Å². The number of hydrogen-bond acceptors (Lipinski definition) is 4. The maximum Gasteiger partial charge on any atom is 0.320 e. The summed E-state index contributed by atoms with van der Waals surface area (Å²) in [5, 5.41) is 15.8. The molecule has 2 rings (SSSR count). The second kappa shape index (κ2) is 7.46. The van der Waals surface area contributed by atoms with E-state index in [1.807, 2.05) is 13.8 Å². The van der Waals surface area contributed by atoms with Crippen molar-refractivity contribution in [2.24, 2.45) is 0 Å². The van der Waals surface area contributed by atoms with Gasteiger partial charge in [0.25, 0.3) is 0 Å². The van der Waals surface area contributed by atoms with Crippen LogP contribution in [0.25, 0.3) is 0 Å². The highest BCUT2D eigenvalue weighted by atomic mass is 35.5. The molecule has 22 heavy (non-hydrogen) atoms. The number of carbonyl (C=O) groups is 2. The van der Waals surface area contributed by atoms with Gasteiger partial charge in [-0.3, -0.25) is 15.4 Å². The third kappa shape index (κ3) is 4.11. The van der Waals surface area contributed by atoms with E-state index in [1.54, 1.807) is 10.7 Å². The van der Waals surface area contributed by atoms with E-state index in [2.05, 4.69) is 26.4 Å². The van der Waals surface area contributed by atoms with Crippen molar-refractivity contribution in [1.29, 1.82) is 0 Å². The molecule has 122 valence electrons. The zero-order valence-electron chi connectivity index (χ0n) is 12.6. The topological polar surface area (TPSA) is 100 Å². The zero-order valence-corrected chi connectivity index (χ0v) is 13.4. The lowest BCUT2D eigenvalue weighted by atomic mass is 10.1. The van der Waals surface area contributed by atoms with Crippen molar-refractivity contribution >= 4 is 29.4 Å². The van der Waals surface area contributed by atoms with E-state index in [9.17, 15) is 9.59 Å². The molecule has 0 aromatic carbocycles. The Balaban J connectivity index is 2.13. The van der Waals surface area contributed by atoms with Crippen molar-refractivity contribution in [3.05, 3.63) is 11.8 Å². The molecule has 1 aliphatic heterocycles. The fourth-order valence-electron chi connectivity index (χ4n) is 2.28. The molecular formula is C13H21ClN6O2. The van der Waals surface area contributed by atoms with Crippen LogP contribution in [-0.4, -0.2) is 40.2 Å². The van der Waals surface area contributed by atoms with Crippen LogP contribution in [0.3, 0.4) is 0 Å². The van der Waals surface area contributed by atoms with E-state index in [0.717, 1.165) is 12.1 Å². The summed E-state index contributed by atoms with van der Waals surface area (Å²) in [5.41, 5.74) is 0.738. The van der Waals surface area contributed by atoms with Crippen LogP contribution in [0, 0.1) is 6.92 Å². The standard InChI is InChI=1S/C13H21ClN6O2/c1-3-9-7-11(21)18-12(16-9)20-10(6-8(2)19-20)17-13(22)15-5-4-14/h6,9,12,16H,3-5,7H2,1-2H3,(H,18,21)(H2,15,17,22). The average molecular weight is 329 g/mol. The number of rotatable bonds is 5. The quantitative estimate of drug-likeness (QED) is 0.603. The largest absolute Gasteiger partial charge is 0.337 e. The minimum Gasteiger partial charge on any atom is -0.337 e. The highest BCUT2D eigenvalue weighted by molar-refractivity contribution is 6.18. The molecule has 2 unspecified atom stereocenters. The van der Waals surface area contributed by atoms with Gasteiger partial charge in [0.2, 0.25) is 5.91 Å². The summed E-state index contributed by atoms with van der Waals surface area (Å²) in [5.74, 6) is 0.796.